The minimum Gasteiger partial charge on any atom is -0.324 e. The van der Waals surface area contributed by atoms with Crippen molar-refractivity contribution in [2.45, 2.75) is 31.7 Å². The van der Waals surface area contributed by atoms with Gasteiger partial charge < -0.3 is 10.6 Å². The van der Waals surface area contributed by atoms with E-state index in [1.165, 1.54) is 0 Å². The molecule has 1 amide bonds. The van der Waals surface area contributed by atoms with Crippen LogP contribution in [0, 0.1) is 5.92 Å². The number of aromatic nitrogens is 1. The Morgan fingerprint density at radius 1 is 1.35 bits per heavy atom. The van der Waals surface area contributed by atoms with E-state index in [-0.39, 0.29) is 11.8 Å². The summed E-state index contributed by atoms with van der Waals surface area (Å²) in [4.78, 5) is 16.0. The molecule has 1 aliphatic rings. The molecule has 0 bridgehead atoms. The number of amides is 1. The van der Waals surface area contributed by atoms with Crippen LogP contribution in [0.3, 0.4) is 0 Å². The van der Waals surface area contributed by atoms with Gasteiger partial charge in [0.05, 0.1) is 11.9 Å². The predicted molar refractivity (Wildman–Crippen MR) is 67.7 cm³/mol. The van der Waals surface area contributed by atoms with E-state index in [0.29, 0.717) is 6.04 Å². The van der Waals surface area contributed by atoms with E-state index in [1.54, 1.807) is 12.4 Å². The van der Waals surface area contributed by atoms with Crippen LogP contribution in [-0.4, -0.2) is 24.0 Å². The van der Waals surface area contributed by atoms with Gasteiger partial charge in [0.2, 0.25) is 5.91 Å². The molecule has 1 aromatic rings. The van der Waals surface area contributed by atoms with Crippen LogP contribution in [0.25, 0.3) is 0 Å². The summed E-state index contributed by atoms with van der Waals surface area (Å²) < 4.78 is 0. The van der Waals surface area contributed by atoms with E-state index in [4.69, 9.17) is 0 Å². The summed E-state index contributed by atoms with van der Waals surface area (Å²) in [6.45, 7) is 0. The van der Waals surface area contributed by atoms with Gasteiger partial charge in [-0.25, -0.2) is 0 Å². The molecule has 2 rings (SSSR count). The van der Waals surface area contributed by atoms with E-state index in [9.17, 15) is 4.79 Å². The Morgan fingerprint density at radius 3 is 2.71 bits per heavy atom. The Labute approximate surface area is 102 Å². The smallest absolute Gasteiger partial charge is 0.227 e. The van der Waals surface area contributed by atoms with Gasteiger partial charge in [-0.2, -0.15) is 0 Å². The van der Waals surface area contributed by atoms with E-state index in [0.717, 1.165) is 31.4 Å². The van der Waals surface area contributed by atoms with Crippen LogP contribution in [0.5, 0.6) is 0 Å². The molecule has 0 unspecified atom stereocenters. The highest BCUT2D eigenvalue weighted by Crippen LogP contribution is 2.25. The highest BCUT2D eigenvalue weighted by atomic mass is 16.1. The first-order valence-corrected chi connectivity index (χ1v) is 6.17. The van der Waals surface area contributed by atoms with Gasteiger partial charge in [-0.3, -0.25) is 9.78 Å². The quantitative estimate of drug-likeness (QED) is 0.837. The van der Waals surface area contributed by atoms with Crippen molar-refractivity contribution in [1.82, 2.24) is 10.3 Å². The van der Waals surface area contributed by atoms with Crippen molar-refractivity contribution in [3.63, 3.8) is 0 Å². The molecule has 0 atom stereocenters. The Kier molecular flexibility index (Phi) is 4.09. The normalized spacial score (nSPS) is 24.3. The van der Waals surface area contributed by atoms with Crippen LogP contribution >= 0.6 is 0 Å². The summed E-state index contributed by atoms with van der Waals surface area (Å²) >= 11 is 0. The monoisotopic (exact) mass is 233 g/mol. The third-order valence-corrected chi connectivity index (χ3v) is 3.44. The van der Waals surface area contributed by atoms with Gasteiger partial charge in [0.15, 0.2) is 0 Å². The fraction of sp³-hybridized carbons (Fsp3) is 0.538. The average Bonchev–Trinajstić information content (AvgIpc) is 2.40. The fourth-order valence-electron chi connectivity index (χ4n) is 2.33. The number of nitrogens with zero attached hydrogens (tertiary/aromatic N) is 1. The highest BCUT2D eigenvalue weighted by molar-refractivity contribution is 5.92. The summed E-state index contributed by atoms with van der Waals surface area (Å²) in [5.74, 6) is 0.285. The summed E-state index contributed by atoms with van der Waals surface area (Å²) in [6, 6.07) is 4.27. The first kappa shape index (κ1) is 12.0. The van der Waals surface area contributed by atoms with Gasteiger partial charge in [-0.1, -0.05) is 0 Å². The van der Waals surface area contributed by atoms with Crippen molar-refractivity contribution in [3.8, 4) is 0 Å². The van der Waals surface area contributed by atoms with Gasteiger partial charge in [-0.05, 0) is 44.9 Å². The molecule has 1 saturated carbocycles. The van der Waals surface area contributed by atoms with Gasteiger partial charge in [0.25, 0.3) is 0 Å². The minimum absolute atomic E-state index is 0.132. The van der Waals surface area contributed by atoms with Crippen molar-refractivity contribution >= 4 is 11.6 Å². The second kappa shape index (κ2) is 5.77. The molecule has 1 aliphatic carbocycles. The number of pyridine rings is 1. The molecule has 1 fully saturated rings. The fourth-order valence-corrected chi connectivity index (χ4v) is 2.33. The number of carbonyl (C=O) groups is 1. The largest absolute Gasteiger partial charge is 0.324 e. The van der Waals surface area contributed by atoms with E-state index in [1.807, 2.05) is 19.2 Å². The number of carbonyl (C=O) groups excluding carboxylic acids is 1. The van der Waals surface area contributed by atoms with E-state index >= 15 is 0 Å². The molecular formula is C13H19N3O. The molecule has 2 N–H and O–H groups in total. The maximum absolute atomic E-state index is 12.0. The second-order valence-electron chi connectivity index (χ2n) is 4.57. The third kappa shape index (κ3) is 3.27. The third-order valence-electron chi connectivity index (χ3n) is 3.44. The van der Waals surface area contributed by atoms with Crippen LogP contribution in [0.1, 0.15) is 25.7 Å². The van der Waals surface area contributed by atoms with Crippen molar-refractivity contribution in [2.24, 2.45) is 5.92 Å². The number of hydrogen-bond acceptors (Lipinski definition) is 3. The Balaban J connectivity index is 1.85. The van der Waals surface area contributed by atoms with Gasteiger partial charge in [0.1, 0.15) is 0 Å². The lowest BCUT2D eigenvalue weighted by molar-refractivity contribution is -0.120. The highest BCUT2D eigenvalue weighted by Gasteiger charge is 2.25. The maximum Gasteiger partial charge on any atom is 0.227 e. The van der Waals surface area contributed by atoms with Crippen LogP contribution in [0.2, 0.25) is 0 Å². The van der Waals surface area contributed by atoms with Gasteiger partial charge in [-0.15, -0.1) is 0 Å². The summed E-state index contributed by atoms with van der Waals surface area (Å²) in [6.07, 6.45) is 7.49. The van der Waals surface area contributed by atoms with Crippen molar-refractivity contribution < 1.29 is 4.79 Å². The zero-order chi connectivity index (χ0) is 12.1. The number of hydrogen-bond donors (Lipinski definition) is 2. The van der Waals surface area contributed by atoms with Crippen molar-refractivity contribution in [2.75, 3.05) is 12.4 Å². The summed E-state index contributed by atoms with van der Waals surface area (Å²) in [5.41, 5.74) is 0.785. The van der Waals surface area contributed by atoms with Crippen LogP contribution in [-0.2, 0) is 4.79 Å². The molecule has 4 nitrogen and oxygen atoms in total. The molecule has 1 aromatic heterocycles. The SMILES string of the molecule is CNC1CCC(C(=O)Nc2cccnc2)CC1. The second-order valence-corrected chi connectivity index (χ2v) is 4.57. The number of anilines is 1. The lowest BCUT2D eigenvalue weighted by Crippen LogP contribution is -2.34. The van der Waals surface area contributed by atoms with Gasteiger partial charge in [0, 0.05) is 18.2 Å². The molecule has 0 radical (unpaired) electrons. The summed E-state index contributed by atoms with van der Waals surface area (Å²) in [7, 11) is 1.99. The molecule has 4 heteroatoms. The van der Waals surface area contributed by atoms with E-state index in [2.05, 4.69) is 15.6 Å². The maximum atomic E-state index is 12.0. The van der Waals surface area contributed by atoms with Crippen molar-refractivity contribution in [3.05, 3.63) is 24.5 Å². The minimum atomic E-state index is 0.132. The van der Waals surface area contributed by atoms with Crippen LogP contribution in [0.4, 0.5) is 5.69 Å². The lowest BCUT2D eigenvalue weighted by atomic mass is 9.85. The first-order chi connectivity index (χ1) is 8.29. The molecule has 0 saturated heterocycles. The molecule has 0 aromatic carbocycles. The zero-order valence-electron chi connectivity index (χ0n) is 10.1. The Morgan fingerprint density at radius 2 is 2.12 bits per heavy atom. The number of rotatable bonds is 3. The molecule has 0 spiro atoms. The van der Waals surface area contributed by atoms with Crippen LogP contribution in [0.15, 0.2) is 24.5 Å². The molecule has 17 heavy (non-hydrogen) atoms. The Bertz CT molecular complexity index is 358. The van der Waals surface area contributed by atoms with E-state index < -0.39 is 0 Å². The Hall–Kier alpha value is -1.42. The summed E-state index contributed by atoms with van der Waals surface area (Å²) in [5, 5.41) is 6.19. The molecule has 1 heterocycles. The van der Waals surface area contributed by atoms with Crippen LogP contribution < -0.4 is 10.6 Å². The number of nitrogens with one attached hydrogen (secondary N) is 2. The predicted octanol–water partition coefficient (Wildman–Crippen LogP) is 1.80. The molecule has 92 valence electrons. The zero-order valence-corrected chi connectivity index (χ0v) is 10.1. The lowest BCUT2D eigenvalue weighted by Gasteiger charge is -2.27. The standard InChI is InChI=1S/C13H19N3O/c1-14-11-6-4-10(5-7-11)13(17)16-12-3-2-8-15-9-12/h2-3,8-11,14H,4-7H2,1H3,(H,16,17). The van der Waals surface area contributed by atoms with Crippen molar-refractivity contribution in [1.29, 1.82) is 0 Å². The average molecular weight is 233 g/mol. The first-order valence-electron chi connectivity index (χ1n) is 6.17. The molecular weight excluding hydrogens is 214 g/mol. The topological polar surface area (TPSA) is 54.0 Å². The molecule has 0 aliphatic heterocycles. The van der Waals surface area contributed by atoms with Gasteiger partial charge >= 0.3 is 0 Å².